The first-order valence-electron chi connectivity index (χ1n) is 6.24. The van der Waals surface area contributed by atoms with Crippen LogP contribution in [0.4, 0.5) is 5.69 Å². The molecule has 1 aliphatic heterocycles. The Balaban J connectivity index is 2.29. The molecule has 1 unspecified atom stereocenters. The van der Waals surface area contributed by atoms with E-state index in [1.165, 1.54) is 0 Å². The highest BCUT2D eigenvalue weighted by Gasteiger charge is 2.42. The van der Waals surface area contributed by atoms with Gasteiger partial charge in [0.25, 0.3) is 0 Å². The molecular formula is C14H17NO4. The highest BCUT2D eigenvalue weighted by atomic mass is 16.5. The number of hydrogen-bond acceptors (Lipinski definition) is 5. The van der Waals surface area contributed by atoms with E-state index < -0.39 is 11.5 Å². The van der Waals surface area contributed by atoms with E-state index in [9.17, 15) is 9.59 Å². The van der Waals surface area contributed by atoms with Gasteiger partial charge < -0.3 is 19.6 Å². The maximum atomic E-state index is 11.9. The van der Waals surface area contributed by atoms with Crippen molar-refractivity contribution in [2.24, 2.45) is 0 Å². The predicted octanol–water partition coefficient (Wildman–Crippen LogP) is 1.55. The number of carbonyl (C=O) groups excluding carboxylic acids is 2. The number of hydrogen-bond donors (Lipinski definition) is 1. The van der Waals surface area contributed by atoms with Crippen molar-refractivity contribution >= 4 is 17.9 Å². The molecule has 19 heavy (non-hydrogen) atoms. The third kappa shape index (κ3) is 2.41. The van der Waals surface area contributed by atoms with Crippen LogP contribution >= 0.6 is 0 Å². The number of carbonyl (C=O) groups is 2. The van der Waals surface area contributed by atoms with Crippen LogP contribution in [0, 0.1) is 0 Å². The molecule has 5 heteroatoms. The van der Waals surface area contributed by atoms with Gasteiger partial charge in [0.1, 0.15) is 5.75 Å². The molecule has 0 amide bonds. The largest absolute Gasteiger partial charge is 0.497 e. The first-order valence-corrected chi connectivity index (χ1v) is 6.24. The van der Waals surface area contributed by atoms with E-state index in [1.54, 1.807) is 20.1 Å². The molecule has 0 saturated heterocycles. The van der Waals surface area contributed by atoms with Gasteiger partial charge in [-0.25, -0.2) is 4.79 Å². The summed E-state index contributed by atoms with van der Waals surface area (Å²) in [6, 6.07) is 5.50. The summed E-state index contributed by atoms with van der Waals surface area (Å²) < 4.78 is 10.1. The normalized spacial score (nSPS) is 20.9. The van der Waals surface area contributed by atoms with E-state index >= 15 is 0 Å². The minimum atomic E-state index is -1.27. The number of aldehydes is 1. The molecular weight excluding hydrogens is 246 g/mol. The molecule has 0 aromatic heterocycles. The summed E-state index contributed by atoms with van der Waals surface area (Å²) in [6.45, 7) is 1.98. The van der Waals surface area contributed by atoms with Crippen LogP contribution in [-0.2, 0) is 20.7 Å². The van der Waals surface area contributed by atoms with E-state index in [-0.39, 0.29) is 6.61 Å². The molecule has 1 aromatic rings. The minimum absolute atomic E-state index is 0.256. The average molecular weight is 263 g/mol. The predicted molar refractivity (Wildman–Crippen MR) is 70.4 cm³/mol. The lowest BCUT2D eigenvalue weighted by Crippen LogP contribution is -2.51. The highest BCUT2D eigenvalue weighted by molar-refractivity contribution is 6.02. The van der Waals surface area contributed by atoms with Gasteiger partial charge in [0.2, 0.25) is 0 Å². The summed E-state index contributed by atoms with van der Waals surface area (Å²) in [4.78, 5) is 23.3. The fourth-order valence-electron chi connectivity index (χ4n) is 2.21. The van der Waals surface area contributed by atoms with E-state index in [0.717, 1.165) is 17.0 Å². The Kier molecular flexibility index (Phi) is 3.74. The van der Waals surface area contributed by atoms with Gasteiger partial charge in [-0.2, -0.15) is 0 Å². The Hall–Kier alpha value is -2.04. The van der Waals surface area contributed by atoms with Crippen molar-refractivity contribution in [3.63, 3.8) is 0 Å². The number of anilines is 1. The van der Waals surface area contributed by atoms with Gasteiger partial charge in [-0.05, 0) is 43.5 Å². The summed E-state index contributed by atoms with van der Waals surface area (Å²) in [5.74, 6) is 0.238. The van der Waals surface area contributed by atoms with Crippen LogP contribution in [0.25, 0.3) is 0 Å². The molecule has 102 valence electrons. The minimum Gasteiger partial charge on any atom is -0.497 e. The van der Waals surface area contributed by atoms with Crippen molar-refractivity contribution in [3.8, 4) is 5.75 Å². The van der Waals surface area contributed by atoms with Gasteiger partial charge in [0, 0.05) is 5.69 Å². The zero-order valence-corrected chi connectivity index (χ0v) is 11.1. The van der Waals surface area contributed by atoms with E-state index in [4.69, 9.17) is 9.47 Å². The first kappa shape index (κ1) is 13.4. The van der Waals surface area contributed by atoms with Crippen molar-refractivity contribution < 1.29 is 19.1 Å². The molecule has 1 aliphatic rings. The summed E-state index contributed by atoms with van der Waals surface area (Å²) >= 11 is 0. The van der Waals surface area contributed by atoms with Crippen LogP contribution in [0.3, 0.4) is 0 Å². The van der Waals surface area contributed by atoms with Crippen molar-refractivity contribution in [3.05, 3.63) is 23.8 Å². The third-order valence-electron chi connectivity index (χ3n) is 3.30. The maximum absolute atomic E-state index is 11.9. The van der Waals surface area contributed by atoms with Crippen LogP contribution in [0.1, 0.15) is 18.9 Å². The molecule has 5 nitrogen and oxygen atoms in total. The number of fused-ring (bicyclic) bond motifs is 1. The Bertz CT molecular complexity index is 500. The lowest BCUT2D eigenvalue weighted by atomic mass is 9.87. The molecule has 0 aliphatic carbocycles. The molecule has 1 N–H and O–H groups in total. The molecule has 0 bridgehead atoms. The highest BCUT2D eigenvalue weighted by Crippen LogP contribution is 2.33. The first-order chi connectivity index (χ1) is 9.15. The van der Waals surface area contributed by atoms with Gasteiger partial charge in [-0.15, -0.1) is 0 Å². The Morgan fingerprint density at radius 3 is 2.95 bits per heavy atom. The fourth-order valence-corrected chi connectivity index (χ4v) is 2.21. The number of ether oxygens (including phenoxy) is 2. The molecule has 1 atom stereocenters. The smallest absolute Gasteiger partial charge is 0.339 e. The molecule has 0 saturated carbocycles. The number of rotatable bonds is 4. The monoisotopic (exact) mass is 263 g/mol. The van der Waals surface area contributed by atoms with E-state index in [0.29, 0.717) is 19.1 Å². The summed E-state index contributed by atoms with van der Waals surface area (Å²) in [6.07, 6.45) is 1.64. The van der Waals surface area contributed by atoms with Crippen LogP contribution in [0.5, 0.6) is 5.75 Å². The molecule has 1 heterocycles. The molecule has 0 fully saturated rings. The lowest BCUT2D eigenvalue weighted by molar-refractivity contribution is -0.150. The lowest BCUT2D eigenvalue weighted by Gasteiger charge is -2.33. The Labute approximate surface area is 111 Å². The Morgan fingerprint density at radius 2 is 2.32 bits per heavy atom. The van der Waals surface area contributed by atoms with Gasteiger partial charge in [-0.3, -0.25) is 0 Å². The zero-order chi connectivity index (χ0) is 13.9. The van der Waals surface area contributed by atoms with Crippen LogP contribution in [0.2, 0.25) is 0 Å². The molecule has 1 aromatic carbocycles. The van der Waals surface area contributed by atoms with Crippen LogP contribution in [0.15, 0.2) is 18.2 Å². The third-order valence-corrected chi connectivity index (χ3v) is 3.30. The molecule has 2 rings (SSSR count). The van der Waals surface area contributed by atoms with Crippen LogP contribution < -0.4 is 10.1 Å². The summed E-state index contributed by atoms with van der Waals surface area (Å²) in [5.41, 5.74) is 0.533. The SMILES string of the molecule is CCOC(=O)C1(C=O)CCc2cc(OC)ccc2N1. The number of methoxy groups -OCH3 is 1. The average Bonchev–Trinajstić information content (AvgIpc) is 2.46. The fraction of sp³-hybridized carbons (Fsp3) is 0.429. The van der Waals surface area contributed by atoms with Crippen molar-refractivity contribution in [2.75, 3.05) is 19.0 Å². The van der Waals surface area contributed by atoms with Crippen molar-refractivity contribution in [2.45, 2.75) is 25.3 Å². The van der Waals surface area contributed by atoms with E-state index in [1.807, 2.05) is 12.1 Å². The maximum Gasteiger partial charge on any atom is 0.339 e. The second-order valence-corrected chi connectivity index (χ2v) is 4.46. The number of nitrogens with one attached hydrogen (secondary N) is 1. The molecule has 0 radical (unpaired) electrons. The topological polar surface area (TPSA) is 64.6 Å². The zero-order valence-electron chi connectivity index (χ0n) is 11.1. The van der Waals surface area contributed by atoms with Gasteiger partial charge in [0.05, 0.1) is 13.7 Å². The van der Waals surface area contributed by atoms with Crippen molar-refractivity contribution in [1.82, 2.24) is 0 Å². The van der Waals surface area contributed by atoms with E-state index in [2.05, 4.69) is 5.32 Å². The van der Waals surface area contributed by atoms with Gasteiger partial charge in [0.15, 0.2) is 11.8 Å². The summed E-state index contributed by atoms with van der Waals surface area (Å²) in [5, 5.41) is 3.00. The van der Waals surface area contributed by atoms with Gasteiger partial charge >= 0.3 is 5.97 Å². The number of aryl methyl sites for hydroxylation is 1. The van der Waals surface area contributed by atoms with Crippen molar-refractivity contribution in [1.29, 1.82) is 0 Å². The quantitative estimate of drug-likeness (QED) is 0.507. The van der Waals surface area contributed by atoms with Crippen LogP contribution in [-0.4, -0.2) is 31.5 Å². The standard InChI is InChI=1S/C14H17NO4/c1-3-19-13(17)14(9-16)7-6-10-8-11(18-2)4-5-12(10)15-14/h4-5,8-9,15H,3,6-7H2,1-2H3. The number of esters is 1. The Morgan fingerprint density at radius 1 is 1.53 bits per heavy atom. The second-order valence-electron chi connectivity index (χ2n) is 4.46. The number of benzene rings is 1. The second kappa shape index (κ2) is 5.30. The molecule has 0 spiro atoms. The van der Waals surface area contributed by atoms with Gasteiger partial charge in [-0.1, -0.05) is 0 Å². The summed E-state index contributed by atoms with van der Waals surface area (Å²) in [7, 11) is 1.60.